The summed E-state index contributed by atoms with van der Waals surface area (Å²) in [4.78, 5) is 11.3. The minimum atomic E-state index is -0.0837. The van der Waals surface area contributed by atoms with E-state index in [-0.39, 0.29) is 17.9 Å². The minimum absolute atomic E-state index is 0.00189. The molecule has 0 spiro atoms. The molecule has 1 aliphatic rings. The Morgan fingerprint density at radius 3 is 2.86 bits per heavy atom. The van der Waals surface area contributed by atoms with E-state index in [1.54, 1.807) is 6.08 Å². The van der Waals surface area contributed by atoms with Gasteiger partial charge in [-0.1, -0.05) is 18.9 Å². The standard InChI is InChI=1S/C11H16N2O/c1-2-5-11(14)13-10-7-4-3-6-9(10)8-12/h2,5,9-10H,3-4,6-7H2,1H3,(H,13,14)/b5-2+. The Bertz CT molecular complexity index is 265. The van der Waals surface area contributed by atoms with Crippen LogP contribution in [0.2, 0.25) is 0 Å². The molecule has 1 rings (SSSR count). The third-order valence-corrected chi connectivity index (χ3v) is 2.58. The van der Waals surface area contributed by atoms with Crippen LogP contribution in [0.1, 0.15) is 32.6 Å². The maximum atomic E-state index is 11.3. The van der Waals surface area contributed by atoms with Gasteiger partial charge in [0.2, 0.25) is 5.91 Å². The zero-order chi connectivity index (χ0) is 10.4. The number of carbonyl (C=O) groups excluding carboxylic acids is 1. The highest BCUT2D eigenvalue weighted by atomic mass is 16.1. The van der Waals surface area contributed by atoms with Crippen LogP contribution in [-0.4, -0.2) is 11.9 Å². The maximum absolute atomic E-state index is 11.3. The van der Waals surface area contributed by atoms with Crippen molar-refractivity contribution in [3.63, 3.8) is 0 Å². The molecule has 1 aliphatic carbocycles. The predicted molar refractivity (Wildman–Crippen MR) is 54.3 cm³/mol. The number of hydrogen-bond donors (Lipinski definition) is 1. The number of amides is 1. The van der Waals surface area contributed by atoms with Crippen LogP contribution in [0.3, 0.4) is 0 Å². The maximum Gasteiger partial charge on any atom is 0.243 e. The van der Waals surface area contributed by atoms with Gasteiger partial charge in [0.1, 0.15) is 0 Å². The molecule has 3 heteroatoms. The Morgan fingerprint density at radius 1 is 1.50 bits per heavy atom. The average Bonchev–Trinajstić information content (AvgIpc) is 2.19. The molecule has 0 aliphatic heterocycles. The Balaban J connectivity index is 2.49. The van der Waals surface area contributed by atoms with Crippen LogP contribution < -0.4 is 5.32 Å². The molecule has 0 radical (unpaired) electrons. The van der Waals surface area contributed by atoms with E-state index in [0.717, 1.165) is 25.7 Å². The van der Waals surface area contributed by atoms with Gasteiger partial charge < -0.3 is 5.32 Å². The molecular weight excluding hydrogens is 176 g/mol. The summed E-state index contributed by atoms with van der Waals surface area (Å²) in [5.41, 5.74) is 0. The first-order chi connectivity index (χ1) is 6.77. The van der Waals surface area contributed by atoms with Gasteiger partial charge in [-0.05, 0) is 25.8 Å². The van der Waals surface area contributed by atoms with Crippen LogP contribution in [0.25, 0.3) is 0 Å². The lowest BCUT2D eigenvalue weighted by atomic mass is 9.85. The molecule has 1 fully saturated rings. The summed E-state index contributed by atoms with van der Waals surface area (Å²) < 4.78 is 0. The van der Waals surface area contributed by atoms with Crippen molar-refractivity contribution in [2.75, 3.05) is 0 Å². The highest BCUT2D eigenvalue weighted by Gasteiger charge is 2.25. The molecule has 3 nitrogen and oxygen atoms in total. The number of nitrogens with zero attached hydrogens (tertiary/aromatic N) is 1. The van der Waals surface area contributed by atoms with Crippen LogP contribution >= 0.6 is 0 Å². The van der Waals surface area contributed by atoms with Gasteiger partial charge in [0.15, 0.2) is 0 Å². The summed E-state index contributed by atoms with van der Waals surface area (Å²) in [5, 5.41) is 11.8. The summed E-state index contributed by atoms with van der Waals surface area (Å²) >= 11 is 0. The zero-order valence-electron chi connectivity index (χ0n) is 8.49. The first-order valence-corrected chi connectivity index (χ1v) is 5.10. The highest BCUT2D eigenvalue weighted by Crippen LogP contribution is 2.23. The lowest BCUT2D eigenvalue weighted by molar-refractivity contribution is -0.117. The summed E-state index contributed by atoms with van der Waals surface area (Å²) in [6, 6.07) is 2.32. The minimum Gasteiger partial charge on any atom is -0.349 e. The molecule has 0 aromatic heterocycles. The Labute approximate surface area is 84.8 Å². The van der Waals surface area contributed by atoms with Gasteiger partial charge in [-0.25, -0.2) is 0 Å². The van der Waals surface area contributed by atoms with Gasteiger partial charge in [0.25, 0.3) is 0 Å². The van der Waals surface area contributed by atoms with Gasteiger partial charge >= 0.3 is 0 Å². The number of nitriles is 1. The normalized spacial score (nSPS) is 27.1. The fourth-order valence-corrected chi connectivity index (χ4v) is 1.84. The number of rotatable bonds is 2. The van der Waals surface area contributed by atoms with Gasteiger partial charge in [0.05, 0.1) is 12.0 Å². The quantitative estimate of drug-likeness (QED) is 0.678. The lowest BCUT2D eigenvalue weighted by Crippen LogP contribution is -2.40. The van der Waals surface area contributed by atoms with E-state index in [2.05, 4.69) is 11.4 Å². The second-order valence-corrected chi connectivity index (χ2v) is 3.64. The molecule has 1 saturated carbocycles. The molecule has 0 heterocycles. The van der Waals surface area contributed by atoms with Crippen molar-refractivity contribution in [1.29, 1.82) is 5.26 Å². The first kappa shape index (κ1) is 10.8. The molecule has 0 saturated heterocycles. The van der Waals surface area contributed by atoms with Crippen LogP contribution in [0.4, 0.5) is 0 Å². The van der Waals surface area contributed by atoms with E-state index < -0.39 is 0 Å². The fourth-order valence-electron chi connectivity index (χ4n) is 1.84. The van der Waals surface area contributed by atoms with Crippen LogP contribution in [0.5, 0.6) is 0 Å². The molecule has 0 aromatic rings. The second kappa shape index (κ2) is 5.43. The summed E-state index contributed by atoms with van der Waals surface area (Å²) in [7, 11) is 0. The smallest absolute Gasteiger partial charge is 0.243 e. The van der Waals surface area contributed by atoms with Gasteiger partial charge in [0, 0.05) is 6.04 Å². The van der Waals surface area contributed by atoms with Crippen molar-refractivity contribution in [1.82, 2.24) is 5.32 Å². The van der Waals surface area contributed by atoms with Gasteiger partial charge in [-0.2, -0.15) is 5.26 Å². The summed E-state index contributed by atoms with van der Waals surface area (Å²) in [6.07, 6.45) is 7.27. The van der Waals surface area contributed by atoms with E-state index >= 15 is 0 Å². The lowest BCUT2D eigenvalue weighted by Gasteiger charge is -2.26. The third kappa shape index (κ3) is 2.88. The second-order valence-electron chi connectivity index (χ2n) is 3.64. The van der Waals surface area contributed by atoms with Crippen molar-refractivity contribution in [3.05, 3.63) is 12.2 Å². The molecule has 1 N–H and O–H groups in total. The van der Waals surface area contributed by atoms with Crippen molar-refractivity contribution in [2.45, 2.75) is 38.6 Å². The topological polar surface area (TPSA) is 52.9 Å². The first-order valence-electron chi connectivity index (χ1n) is 5.10. The van der Waals surface area contributed by atoms with E-state index in [1.807, 2.05) is 6.92 Å². The van der Waals surface area contributed by atoms with Crippen molar-refractivity contribution in [3.8, 4) is 6.07 Å². The molecule has 2 atom stereocenters. The van der Waals surface area contributed by atoms with Gasteiger partial charge in [-0.3, -0.25) is 4.79 Å². The van der Waals surface area contributed by atoms with E-state index in [1.165, 1.54) is 6.08 Å². The van der Waals surface area contributed by atoms with Crippen LogP contribution in [0, 0.1) is 17.2 Å². The Morgan fingerprint density at radius 2 is 2.21 bits per heavy atom. The van der Waals surface area contributed by atoms with E-state index in [9.17, 15) is 4.79 Å². The molecule has 0 aromatic carbocycles. The van der Waals surface area contributed by atoms with E-state index in [4.69, 9.17) is 5.26 Å². The zero-order valence-corrected chi connectivity index (χ0v) is 8.49. The average molecular weight is 192 g/mol. The number of carbonyl (C=O) groups is 1. The van der Waals surface area contributed by atoms with Crippen molar-refractivity contribution >= 4 is 5.91 Å². The molecule has 14 heavy (non-hydrogen) atoms. The van der Waals surface area contributed by atoms with Crippen molar-refractivity contribution in [2.24, 2.45) is 5.92 Å². The van der Waals surface area contributed by atoms with Crippen molar-refractivity contribution < 1.29 is 4.79 Å². The van der Waals surface area contributed by atoms with Gasteiger partial charge in [-0.15, -0.1) is 0 Å². The molecule has 2 unspecified atom stereocenters. The SMILES string of the molecule is C/C=C/C(=O)NC1CCCCC1C#N. The monoisotopic (exact) mass is 192 g/mol. The number of nitrogens with one attached hydrogen (secondary N) is 1. The molecule has 1 amide bonds. The van der Waals surface area contributed by atoms with E-state index in [0.29, 0.717) is 0 Å². The summed E-state index contributed by atoms with van der Waals surface area (Å²) in [5.74, 6) is -0.0855. The molecular formula is C11H16N2O. The number of allylic oxidation sites excluding steroid dienone is 1. The molecule has 76 valence electrons. The van der Waals surface area contributed by atoms with Crippen LogP contribution in [0.15, 0.2) is 12.2 Å². The largest absolute Gasteiger partial charge is 0.349 e. The highest BCUT2D eigenvalue weighted by molar-refractivity contribution is 5.87. The Kier molecular flexibility index (Phi) is 4.18. The molecule has 0 bridgehead atoms. The summed E-state index contributed by atoms with van der Waals surface area (Å²) in [6.45, 7) is 1.81. The van der Waals surface area contributed by atoms with Crippen LogP contribution in [-0.2, 0) is 4.79 Å². The predicted octanol–water partition coefficient (Wildman–Crippen LogP) is 1.76. The third-order valence-electron chi connectivity index (χ3n) is 2.58. The fraction of sp³-hybridized carbons (Fsp3) is 0.636. The number of hydrogen-bond acceptors (Lipinski definition) is 2. The Hall–Kier alpha value is -1.30.